The maximum absolute atomic E-state index is 13.4. The number of ether oxygens (including phenoxy) is 5. The molecule has 0 spiro atoms. The van der Waals surface area contributed by atoms with Gasteiger partial charge in [0.15, 0.2) is 11.6 Å². The van der Waals surface area contributed by atoms with E-state index in [4.69, 9.17) is 24.7 Å². The highest BCUT2D eigenvalue weighted by Gasteiger charge is 2.36. The number of methoxy groups -OCH3 is 5. The van der Waals surface area contributed by atoms with E-state index in [9.17, 15) is 18.4 Å². The van der Waals surface area contributed by atoms with Crippen molar-refractivity contribution in [3.63, 3.8) is 0 Å². The summed E-state index contributed by atoms with van der Waals surface area (Å²) in [5.41, 5.74) is 6.24. The SMILES string of the molecule is COC(=O)CCC(OC)(OC)c1cc(F)ccc1I.COC(CCC(N)=O)(OC)c1cc(F)ccc1I. The number of hydrogen-bond donors (Lipinski definition) is 1. The van der Waals surface area contributed by atoms with E-state index in [1.165, 1.54) is 59.8 Å². The fourth-order valence-corrected chi connectivity index (χ4v) is 5.01. The number of esters is 1. The highest BCUT2D eigenvalue weighted by atomic mass is 127. The molecule has 8 nitrogen and oxygen atoms in total. The first kappa shape index (κ1) is 33.6. The van der Waals surface area contributed by atoms with Crippen molar-refractivity contribution in [3.05, 3.63) is 66.3 Å². The molecule has 206 valence electrons. The maximum Gasteiger partial charge on any atom is 0.305 e. The molecule has 0 radical (unpaired) electrons. The first-order valence-corrected chi connectivity index (χ1v) is 13.1. The van der Waals surface area contributed by atoms with Gasteiger partial charge in [0, 0.05) is 66.0 Å². The van der Waals surface area contributed by atoms with Gasteiger partial charge >= 0.3 is 5.97 Å². The van der Waals surface area contributed by atoms with Gasteiger partial charge in [-0.15, -0.1) is 0 Å². The van der Waals surface area contributed by atoms with E-state index in [2.05, 4.69) is 49.9 Å². The third-order valence-electron chi connectivity index (χ3n) is 5.58. The lowest BCUT2D eigenvalue weighted by Gasteiger charge is -2.32. The molecule has 0 aliphatic carbocycles. The molecule has 1 amide bonds. The average Bonchev–Trinajstić information content (AvgIpc) is 2.89. The molecule has 0 aromatic heterocycles. The van der Waals surface area contributed by atoms with E-state index in [1.54, 1.807) is 12.1 Å². The number of rotatable bonds is 12. The molecule has 0 fully saturated rings. The monoisotopic (exact) mass is 749 g/mol. The predicted molar refractivity (Wildman–Crippen MR) is 149 cm³/mol. The largest absolute Gasteiger partial charge is 0.469 e. The van der Waals surface area contributed by atoms with Crippen LogP contribution >= 0.6 is 45.2 Å². The second-order valence-corrected chi connectivity index (χ2v) is 9.94. The molecule has 0 saturated heterocycles. The van der Waals surface area contributed by atoms with Crippen molar-refractivity contribution >= 4 is 57.1 Å². The van der Waals surface area contributed by atoms with Crippen molar-refractivity contribution in [1.29, 1.82) is 0 Å². The van der Waals surface area contributed by atoms with Crippen LogP contribution in [0.1, 0.15) is 36.8 Å². The van der Waals surface area contributed by atoms with Crippen LogP contribution < -0.4 is 5.73 Å². The average molecular weight is 749 g/mol. The van der Waals surface area contributed by atoms with Gasteiger partial charge in [-0.3, -0.25) is 9.59 Å². The van der Waals surface area contributed by atoms with Crippen LogP contribution in [0.4, 0.5) is 8.78 Å². The number of nitrogens with two attached hydrogens (primary N) is 1. The number of primary amides is 1. The Labute approximate surface area is 242 Å². The fourth-order valence-electron chi connectivity index (χ4n) is 3.52. The summed E-state index contributed by atoms with van der Waals surface area (Å²) in [6.45, 7) is 0. The van der Waals surface area contributed by atoms with Crippen LogP contribution in [0.25, 0.3) is 0 Å². The summed E-state index contributed by atoms with van der Waals surface area (Å²) in [4.78, 5) is 22.2. The standard InChI is InChI=1S/C13H16FIO4.C12H15FINO3/c1-17-12(16)6-7-13(18-2,19-3)10-8-9(14)4-5-11(10)15;1-17-12(18-2,6-5-11(15)16)9-7-8(13)3-4-10(9)14/h4-5,8H,6-7H2,1-3H3;3-4,7H,5-6H2,1-2H3,(H2,15,16). The Balaban J connectivity index is 0.000000371. The van der Waals surface area contributed by atoms with Gasteiger partial charge < -0.3 is 29.4 Å². The number of amides is 1. The summed E-state index contributed by atoms with van der Waals surface area (Å²) < 4.78 is 54.5. The van der Waals surface area contributed by atoms with Gasteiger partial charge in [-0.25, -0.2) is 8.78 Å². The molecule has 2 N–H and O–H groups in total. The second kappa shape index (κ2) is 15.8. The van der Waals surface area contributed by atoms with Crippen LogP contribution in [-0.2, 0) is 44.8 Å². The Morgan fingerprint density at radius 2 is 1.14 bits per heavy atom. The Morgan fingerprint density at radius 1 is 0.757 bits per heavy atom. The topological polar surface area (TPSA) is 106 Å². The molecular formula is C25H31F2I2NO7. The predicted octanol–water partition coefficient (Wildman–Crippen LogP) is 4.97. The minimum absolute atomic E-state index is 0.0915. The highest BCUT2D eigenvalue weighted by Crippen LogP contribution is 2.36. The smallest absolute Gasteiger partial charge is 0.305 e. The van der Waals surface area contributed by atoms with Gasteiger partial charge in [0.2, 0.25) is 5.91 Å². The maximum atomic E-state index is 13.4. The van der Waals surface area contributed by atoms with Gasteiger partial charge in [-0.05, 0) is 81.6 Å². The van der Waals surface area contributed by atoms with Gasteiger partial charge in [0.1, 0.15) is 11.6 Å². The van der Waals surface area contributed by atoms with E-state index in [0.29, 0.717) is 11.1 Å². The molecule has 2 rings (SSSR count). The number of halogens is 4. The van der Waals surface area contributed by atoms with Crippen molar-refractivity contribution in [2.24, 2.45) is 5.73 Å². The van der Waals surface area contributed by atoms with Crippen LogP contribution in [0.15, 0.2) is 36.4 Å². The van der Waals surface area contributed by atoms with E-state index >= 15 is 0 Å². The van der Waals surface area contributed by atoms with Crippen LogP contribution in [-0.4, -0.2) is 47.4 Å². The van der Waals surface area contributed by atoms with Gasteiger partial charge in [0.05, 0.1) is 13.5 Å². The van der Waals surface area contributed by atoms with Gasteiger partial charge in [-0.2, -0.15) is 0 Å². The molecule has 0 aliphatic heterocycles. The van der Waals surface area contributed by atoms with Crippen molar-refractivity contribution in [1.82, 2.24) is 0 Å². The summed E-state index contributed by atoms with van der Waals surface area (Å²) in [7, 11) is 7.13. The van der Waals surface area contributed by atoms with E-state index < -0.39 is 17.5 Å². The van der Waals surface area contributed by atoms with E-state index in [-0.39, 0.29) is 43.3 Å². The zero-order valence-electron chi connectivity index (χ0n) is 21.2. The summed E-state index contributed by atoms with van der Waals surface area (Å²) in [6.07, 6.45) is 0.681. The molecule has 0 aliphatic rings. The quantitative estimate of drug-likeness (QED) is 0.186. The molecule has 12 heteroatoms. The van der Waals surface area contributed by atoms with Crippen LogP contribution in [0.2, 0.25) is 0 Å². The Hall–Kier alpha value is -1.46. The third-order valence-corrected chi connectivity index (χ3v) is 7.46. The van der Waals surface area contributed by atoms with E-state index in [1.807, 2.05) is 0 Å². The zero-order chi connectivity index (χ0) is 28.2. The normalized spacial score (nSPS) is 11.5. The van der Waals surface area contributed by atoms with Crippen LogP contribution in [0, 0.1) is 18.8 Å². The Kier molecular flexibility index (Phi) is 14.4. The van der Waals surface area contributed by atoms with E-state index in [0.717, 1.165) is 7.14 Å². The summed E-state index contributed by atoms with van der Waals surface area (Å²) >= 11 is 4.14. The van der Waals surface area contributed by atoms with Crippen LogP contribution in [0.3, 0.4) is 0 Å². The molecule has 37 heavy (non-hydrogen) atoms. The molecule has 0 saturated carbocycles. The minimum Gasteiger partial charge on any atom is -0.469 e. The number of hydrogen-bond acceptors (Lipinski definition) is 7. The Bertz CT molecular complexity index is 1050. The molecule has 0 heterocycles. The molecule has 0 unspecified atom stereocenters. The summed E-state index contributed by atoms with van der Waals surface area (Å²) in [6, 6.07) is 8.68. The molecule has 2 aromatic carbocycles. The van der Waals surface area contributed by atoms with Gasteiger partial charge in [0.25, 0.3) is 0 Å². The molecule has 0 bridgehead atoms. The molecule has 2 aromatic rings. The lowest BCUT2D eigenvalue weighted by Crippen LogP contribution is -2.33. The molecular weight excluding hydrogens is 718 g/mol. The second-order valence-electron chi connectivity index (χ2n) is 7.61. The van der Waals surface area contributed by atoms with Crippen molar-refractivity contribution in [3.8, 4) is 0 Å². The summed E-state index contributed by atoms with van der Waals surface area (Å²) in [5, 5.41) is 0. The number of carbonyl (C=O) groups excluding carboxylic acids is 2. The highest BCUT2D eigenvalue weighted by molar-refractivity contribution is 14.1. The van der Waals surface area contributed by atoms with Gasteiger partial charge in [-0.1, -0.05) is 0 Å². The minimum atomic E-state index is -1.16. The van der Waals surface area contributed by atoms with Crippen molar-refractivity contribution in [2.75, 3.05) is 35.5 Å². The summed E-state index contributed by atoms with van der Waals surface area (Å²) in [5.74, 6) is -3.92. The van der Waals surface area contributed by atoms with Crippen LogP contribution in [0.5, 0.6) is 0 Å². The van der Waals surface area contributed by atoms with Crippen molar-refractivity contribution < 1.29 is 42.1 Å². The third kappa shape index (κ3) is 9.35. The number of benzene rings is 2. The number of carbonyl (C=O) groups is 2. The lowest BCUT2D eigenvalue weighted by atomic mass is 10.00. The lowest BCUT2D eigenvalue weighted by molar-refractivity contribution is -0.222. The fraction of sp³-hybridized carbons (Fsp3) is 0.440. The first-order valence-electron chi connectivity index (χ1n) is 10.9. The van der Waals surface area contributed by atoms with Crippen molar-refractivity contribution in [2.45, 2.75) is 37.3 Å². The zero-order valence-corrected chi connectivity index (χ0v) is 25.6. The first-order chi connectivity index (χ1) is 17.4. The Morgan fingerprint density at radius 3 is 1.46 bits per heavy atom. The molecule has 0 atom stereocenters.